The van der Waals surface area contributed by atoms with E-state index in [2.05, 4.69) is 15.9 Å². The zero-order chi connectivity index (χ0) is 14.7. The first-order chi connectivity index (χ1) is 9.49. The van der Waals surface area contributed by atoms with Crippen molar-refractivity contribution in [2.24, 2.45) is 0 Å². The highest BCUT2D eigenvalue weighted by Gasteiger charge is 2.15. The van der Waals surface area contributed by atoms with Crippen LogP contribution in [0.4, 0.5) is 8.78 Å². The SMILES string of the molecule is O=C(O)c1cccc(Br)c1OCc1cc(F)ccc1F. The first kappa shape index (κ1) is 14.5. The van der Waals surface area contributed by atoms with Gasteiger partial charge in [0.25, 0.3) is 0 Å². The minimum absolute atomic E-state index is 0.0112. The van der Waals surface area contributed by atoms with E-state index in [1.54, 1.807) is 12.1 Å². The Hall–Kier alpha value is -1.95. The van der Waals surface area contributed by atoms with E-state index >= 15 is 0 Å². The molecule has 0 aliphatic heterocycles. The van der Waals surface area contributed by atoms with Crippen molar-refractivity contribution in [2.75, 3.05) is 0 Å². The van der Waals surface area contributed by atoms with E-state index in [0.717, 1.165) is 18.2 Å². The number of ether oxygens (including phenoxy) is 1. The summed E-state index contributed by atoms with van der Waals surface area (Å²) in [5, 5.41) is 9.05. The molecule has 0 spiro atoms. The molecule has 0 aliphatic carbocycles. The smallest absolute Gasteiger partial charge is 0.339 e. The van der Waals surface area contributed by atoms with Crippen LogP contribution in [0.5, 0.6) is 5.75 Å². The Balaban J connectivity index is 2.27. The van der Waals surface area contributed by atoms with E-state index < -0.39 is 17.6 Å². The normalized spacial score (nSPS) is 10.3. The van der Waals surface area contributed by atoms with Gasteiger partial charge in [0.05, 0.1) is 4.47 Å². The Kier molecular flexibility index (Phi) is 4.34. The lowest BCUT2D eigenvalue weighted by molar-refractivity contribution is 0.0691. The van der Waals surface area contributed by atoms with Gasteiger partial charge in [-0.05, 0) is 46.3 Å². The van der Waals surface area contributed by atoms with Crippen LogP contribution in [0.15, 0.2) is 40.9 Å². The fourth-order valence-electron chi connectivity index (χ4n) is 1.63. The zero-order valence-corrected chi connectivity index (χ0v) is 11.7. The molecule has 0 atom stereocenters. The summed E-state index contributed by atoms with van der Waals surface area (Å²) >= 11 is 3.17. The minimum atomic E-state index is -1.17. The topological polar surface area (TPSA) is 46.5 Å². The molecule has 2 aromatic carbocycles. The van der Waals surface area contributed by atoms with Crippen LogP contribution in [0.1, 0.15) is 15.9 Å². The molecule has 0 radical (unpaired) electrons. The van der Waals surface area contributed by atoms with Crippen molar-refractivity contribution in [3.8, 4) is 5.75 Å². The summed E-state index contributed by atoms with van der Waals surface area (Å²) in [6.07, 6.45) is 0. The average molecular weight is 343 g/mol. The molecule has 0 saturated carbocycles. The van der Waals surface area contributed by atoms with Crippen LogP contribution >= 0.6 is 15.9 Å². The van der Waals surface area contributed by atoms with Crippen LogP contribution in [0, 0.1) is 11.6 Å². The van der Waals surface area contributed by atoms with Gasteiger partial charge in [0, 0.05) is 5.56 Å². The summed E-state index contributed by atoms with van der Waals surface area (Å²) in [6.45, 7) is -0.271. The van der Waals surface area contributed by atoms with Crippen LogP contribution in [-0.2, 0) is 6.61 Å². The number of rotatable bonds is 4. The number of hydrogen-bond acceptors (Lipinski definition) is 2. The van der Waals surface area contributed by atoms with Gasteiger partial charge in [-0.1, -0.05) is 6.07 Å². The van der Waals surface area contributed by atoms with E-state index in [-0.39, 0.29) is 23.5 Å². The minimum Gasteiger partial charge on any atom is -0.487 e. The first-order valence-electron chi connectivity index (χ1n) is 5.57. The van der Waals surface area contributed by atoms with Crippen molar-refractivity contribution in [2.45, 2.75) is 6.61 Å². The third-order valence-corrected chi connectivity index (χ3v) is 3.20. The lowest BCUT2D eigenvalue weighted by Crippen LogP contribution is -2.05. The lowest BCUT2D eigenvalue weighted by atomic mass is 10.2. The quantitative estimate of drug-likeness (QED) is 0.913. The lowest BCUT2D eigenvalue weighted by Gasteiger charge is -2.11. The molecule has 0 bridgehead atoms. The van der Waals surface area contributed by atoms with E-state index in [1.807, 2.05) is 0 Å². The summed E-state index contributed by atoms with van der Waals surface area (Å²) in [7, 11) is 0. The summed E-state index contributed by atoms with van der Waals surface area (Å²) in [4.78, 5) is 11.1. The Labute approximate surface area is 121 Å². The second-order valence-electron chi connectivity index (χ2n) is 3.95. The molecule has 0 aliphatic rings. The van der Waals surface area contributed by atoms with Gasteiger partial charge >= 0.3 is 5.97 Å². The first-order valence-corrected chi connectivity index (χ1v) is 6.37. The van der Waals surface area contributed by atoms with Crippen LogP contribution < -0.4 is 4.74 Å². The molecular weight excluding hydrogens is 334 g/mol. The number of benzene rings is 2. The molecule has 1 N–H and O–H groups in total. The predicted octanol–water partition coefficient (Wildman–Crippen LogP) is 4.00. The molecule has 2 rings (SSSR count). The fourth-order valence-corrected chi connectivity index (χ4v) is 2.11. The second-order valence-corrected chi connectivity index (χ2v) is 4.80. The van der Waals surface area contributed by atoms with E-state index in [1.165, 1.54) is 6.07 Å². The number of halogens is 3. The van der Waals surface area contributed by atoms with Gasteiger partial charge in [-0.3, -0.25) is 0 Å². The molecule has 0 aromatic heterocycles. The van der Waals surface area contributed by atoms with E-state index in [0.29, 0.717) is 4.47 Å². The number of carboxylic acids is 1. The van der Waals surface area contributed by atoms with Crippen LogP contribution in [0.2, 0.25) is 0 Å². The molecule has 104 valence electrons. The van der Waals surface area contributed by atoms with E-state index in [4.69, 9.17) is 9.84 Å². The number of aromatic carboxylic acids is 1. The standard InChI is InChI=1S/C14H9BrF2O3/c15-11-3-1-2-10(14(18)19)13(11)20-7-8-6-9(16)4-5-12(8)17/h1-6H,7H2,(H,18,19). The van der Waals surface area contributed by atoms with Crippen LogP contribution in [-0.4, -0.2) is 11.1 Å². The van der Waals surface area contributed by atoms with Crippen molar-refractivity contribution in [3.63, 3.8) is 0 Å². The summed E-state index contributed by atoms with van der Waals surface area (Å²) in [6, 6.07) is 7.51. The molecule has 0 amide bonds. The van der Waals surface area contributed by atoms with Gasteiger partial charge in [-0.15, -0.1) is 0 Å². The van der Waals surface area contributed by atoms with E-state index in [9.17, 15) is 13.6 Å². The van der Waals surface area contributed by atoms with Crippen molar-refractivity contribution in [1.29, 1.82) is 0 Å². The molecule has 0 unspecified atom stereocenters. The molecule has 0 saturated heterocycles. The molecule has 2 aromatic rings. The van der Waals surface area contributed by atoms with Crippen LogP contribution in [0.25, 0.3) is 0 Å². The van der Waals surface area contributed by atoms with Crippen molar-refractivity contribution in [3.05, 3.63) is 63.6 Å². The van der Waals surface area contributed by atoms with Gasteiger partial charge in [0.1, 0.15) is 29.6 Å². The zero-order valence-electron chi connectivity index (χ0n) is 10.1. The van der Waals surface area contributed by atoms with Gasteiger partial charge in [-0.25, -0.2) is 13.6 Å². The Morgan fingerprint density at radius 3 is 2.70 bits per heavy atom. The van der Waals surface area contributed by atoms with Gasteiger partial charge in [-0.2, -0.15) is 0 Å². The van der Waals surface area contributed by atoms with Gasteiger partial charge in [0.2, 0.25) is 0 Å². The third kappa shape index (κ3) is 3.14. The maximum absolute atomic E-state index is 13.5. The van der Waals surface area contributed by atoms with Crippen molar-refractivity contribution >= 4 is 21.9 Å². The number of carbonyl (C=O) groups is 1. The summed E-state index contributed by atoms with van der Waals surface area (Å²) in [5.74, 6) is -2.30. The summed E-state index contributed by atoms with van der Waals surface area (Å²) in [5.41, 5.74) is -0.0479. The maximum Gasteiger partial charge on any atom is 0.339 e. The van der Waals surface area contributed by atoms with Gasteiger partial charge < -0.3 is 9.84 Å². The Morgan fingerprint density at radius 2 is 2.00 bits per heavy atom. The van der Waals surface area contributed by atoms with Gasteiger partial charge in [0.15, 0.2) is 0 Å². The average Bonchev–Trinajstić information content (AvgIpc) is 2.40. The highest BCUT2D eigenvalue weighted by atomic mass is 79.9. The second kappa shape index (κ2) is 6.00. The van der Waals surface area contributed by atoms with Crippen molar-refractivity contribution < 1.29 is 23.4 Å². The molecule has 0 fully saturated rings. The number of hydrogen-bond donors (Lipinski definition) is 1. The summed E-state index contributed by atoms with van der Waals surface area (Å²) < 4.78 is 32.2. The Bertz CT molecular complexity index is 659. The molecular formula is C14H9BrF2O3. The highest BCUT2D eigenvalue weighted by molar-refractivity contribution is 9.10. The Morgan fingerprint density at radius 1 is 1.25 bits per heavy atom. The molecule has 6 heteroatoms. The molecule has 0 heterocycles. The molecule has 3 nitrogen and oxygen atoms in total. The predicted molar refractivity (Wildman–Crippen MR) is 71.8 cm³/mol. The van der Waals surface area contributed by atoms with Crippen molar-refractivity contribution in [1.82, 2.24) is 0 Å². The molecule has 20 heavy (non-hydrogen) atoms. The fraction of sp³-hybridized carbons (Fsp3) is 0.0714. The van der Waals surface area contributed by atoms with Crippen LogP contribution in [0.3, 0.4) is 0 Å². The number of carboxylic acid groups (broad SMARTS) is 1. The maximum atomic E-state index is 13.5. The number of para-hydroxylation sites is 1. The monoisotopic (exact) mass is 342 g/mol. The third-order valence-electron chi connectivity index (χ3n) is 2.58. The highest BCUT2D eigenvalue weighted by Crippen LogP contribution is 2.30. The largest absolute Gasteiger partial charge is 0.487 e.